The highest BCUT2D eigenvalue weighted by Gasteiger charge is 2.30. The van der Waals surface area contributed by atoms with Crippen LogP contribution in [0.25, 0.3) is 0 Å². The van der Waals surface area contributed by atoms with Gasteiger partial charge in [0, 0.05) is 13.1 Å². The fraction of sp³-hybridized carbons (Fsp3) is 0.467. The summed E-state index contributed by atoms with van der Waals surface area (Å²) in [4.78, 5) is 24.0. The van der Waals surface area contributed by atoms with Crippen LogP contribution in [0.5, 0.6) is 0 Å². The molecule has 26 heavy (non-hydrogen) atoms. The normalized spacial score (nSPS) is 16.3. The van der Waals surface area contributed by atoms with E-state index in [0.717, 1.165) is 6.26 Å². The van der Waals surface area contributed by atoms with Gasteiger partial charge in [0.05, 0.1) is 32.9 Å². The molecule has 1 amide bonds. The van der Waals surface area contributed by atoms with Crippen LogP contribution in [-0.4, -0.2) is 50.6 Å². The molecule has 144 valence electrons. The van der Waals surface area contributed by atoms with Crippen molar-refractivity contribution in [2.75, 3.05) is 31.3 Å². The van der Waals surface area contributed by atoms with Crippen molar-refractivity contribution < 1.29 is 22.7 Å². The molecule has 1 aliphatic heterocycles. The maximum absolute atomic E-state index is 12.0. The summed E-state index contributed by atoms with van der Waals surface area (Å²) in [6, 6.07) is 2.79. The highest BCUT2D eigenvalue weighted by Crippen LogP contribution is 2.32. The number of amides is 1. The van der Waals surface area contributed by atoms with Crippen LogP contribution < -0.4 is 5.32 Å². The van der Waals surface area contributed by atoms with E-state index in [1.807, 2.05) is 0 Å². The van der Waals surface area contributed by atoms with Crippen molar-refractivity contribution in [2.24, 2.45) is 5.92 Å². The van der Waals surface area contributed by atoms with Gasteiger partial charge in [-0.2, -0.15) is 0 Å². The Morgan fingerprint density at radius 1 is 1.15 bits per heavy atom. The molecular weight excluding hydrogens is 427 g/mol. The summed E-state index contributed by atoms with van der Waals surface area (Å²) >= 11 is 17.6. The molecule has 0 saturated carbocycles. The van der Waals surface area contributed by atoms with Gasteiger partial charge in [0.15, 0.2) is 6.61 Å². The van der Waals surface area contributed by atoms with E-state index in [4.69, 9.17) is 39.5 Å². The van der Waals surface area contributed by atoms with Gasteiger partial charge in [-0.05, 0) is 25.0 Å². The van der Waals surface area contributed by atoms with Crippen LogP contribution in [-0.2, 0) is 24.3 Å². The number of nitrogens with one attached hydrogen (secondary N) is 1. The lowest BCUT2D eigenvalue weighted by Gasteiger charge is -2.28. The number of hydrogen-bond acceptors (Lipinski definition) is 5. The molecule has 0 unspecified atom stereocenters. The molecule has 1 aliphatic rings. The van der Waals surface area contributed by atoms with Gasteiger partial charge in [-0.15, -0.1) is 0 Å². The smallest absolute Gasteiger partial charge is 0.309 e. The molecule has 0 bridgehead atoms. The Morgan fingerprint density at radius 2 is 1.73 bits per heavy atom. The molecule has 1 aromatic carbocycles. The fourth-order valence-electron chi connectivity index (χ4n) is 2.48. The van der Waals surface area contributed by atoms with Crippen molar-refractivity contribution in [3.8, 4) is 0 Å². The number of esters is 1. The van der Waals surface area contributed by atoms with Crippen LogP contribution in [0, 0.1) is 5.92 Å². The number of benzene rings is 1. The topological polar surface area (TPSA) is 92.8 Å². The second-order valence-corrected chi connectivity index (χ2v) is 9.04. The molecule has 1 heterocycles. The van der Waals surface area contributed by atoms with Crippen molar-refractivity contribution in [2.45, 2.75) is 12.8 Å². The van der Waals surface area contributed by atoms with Crippen molar-refractivity contribution in [3.05, 3.63) is 27.2 Å². The van der Waals surface area contributed by atoms with Crippen molar-refractivity contribution in [1.29, 1.82) is 0 Å². The van der Waals surface area contributed by atoms with E-state index in [1.54, 1.807) is 0 Å². The highest BCUT2D eigenvalue weighted by molar-refractivity contribution is 7.88. The number of anilines is 1. The quantitative estimate of drug-likeness (QED) is 0.558. The van der Waals surface area contributed by atoms with Gasteiger partial charge in [0.2, 0.25) is 10.0 Å². The molecule has 0 atom stereocenters. The summed E-state index contributed by atoms with van der Waals surface area (Å²) in [7, 11) is -3.26. The van der Waals surface area contributed by atoms with Crippen LogP contribution in [0.3, 0.4) is 0 Å². The molecule has 0 aromatic heterocycles. The maximum atomic E-state index is 12.0. The first-order chi connectivity index (χ1) is 12.1. The van der Waals surface area contributed by atoms with Gasteiger partial charge in [-0.1, -0.05) is 34.8 Å². The molecule has 0 spiro atoms. The number of nitrogens with zero attached hydrogens (tertiary/aromatic N) is 1. The van der Waals surface area contributed by atoms with Gasteiger partial charge >= 0.3 is 5.97 Å². The monoisotopic (exact) mass is 442 g/mol. The van der Waals surface area contributed by atoms with Gasteiger partial charge < -0.3 is 10.1 Å². The summed E-state index contributed by atoms with van der Waals surface area (Å²) in [6.45, 7) is 0.0229. The lowest BCUT2D eigenvalue weighted by atomic mass is 9.98. The van der Waals surface area contributed by atoms with Crippen molar-refractivity contribution in [1.82, 2.24) is 4.31 Å². The summed E-state index contributed by atoms with van der Waals surface area (Å²) in [5.41, 5.74) is 0.253. The SMILES string of the molecule is CS(=O)(=O)N1CCC(C(=O)OCC(=O)Nc2cc(Cl)c(Cl)cc2Cl)CC1. The summed E-state index contributed by atoms with van der Waals surface area (Å²) < 4.78 is 29.2. The van der Waals surface area contributed by atoms with E-state index in [0.29, 0.717) is 12.8 Å². The second-order valence-electron chi connectivity index (χ2n) is 5.84. The minimum Gasteiger partial charge on any atom is -0.455 e. The molecule has 1 N–H and O–H groups in total. The largest absolute Gasteiger partial charge is 0.455 e. The minimum absolute atomic E-state index is 0.201. The molecule has 1 aromatic rings. The lowest BCUT2D eigenvalue weighted by molar-refractivity contribution is -0.152. The maximum Gasteiger partial charge on any atom is 0.309 e. The van der Waals surface area contributed by atoms with Crippen molar-refractivity contribution >= 4 is 62.4 Å². The first-order valence-corrected chi connectivity index (χ1v) is 10.6. The molecule has 0 radical (unpaired) electrons. The van der Waals surface area contributed by atoms with Crippen LogP contribution in [0.4, 0.5) is 5.69 Å². The number of sulfonamides is 1. The van der Waals surface area contributed by atoms with E-state index in [-0.39, 0.29) is 33.8 Å². The molecule has 1 saturated heterocycles. The highest BCUT2D eigenvalue weighted by atomic mass is 35.5. The average Bonchev–Trinajstić information content (AvgIpc) is 2.57. The zero-order valence-electron chi connectivity index (χ0n) is 13.8. The third-order valence-electron chi connectivity index (χ3n) is 3.89. The van der Waals surface area contributed by atoms with E-state index < -0.39 is 34.4 Å². The zero-order chi connectivity index (χ0) is 19.5. The predicted molar refractivity (Wildman–Crippen MR) is 100 cm³/mol. The number of halogens is 3. The van der Waals surface area contributed by atoms with Gasteiger partial charge in [-0.3, -0.25) is 9.59 Å². The Kier molecular flexibility index (Phi) is 7.15. The molecule has 7 nitrogen and oxygen atoms in total. The molecule has 0 aliphatic carbocycles. The molecule has 11 heteroatoms. The third kappa shape index (κ3) is 5.72. The Morgan fingerprint density at radius 3 is 2.31 bits per heavy atom. The Labute approximate surface area is 166 Å². The summed E-state index contributed by atoms with van der Waals surface area (Å²) in [5, 5.41) is 3.16. The number of piperidine rings is 1. The van der Waals surface area contributed by atoms with Crippen LogP contribution in [0.1, 0.15) is 12.8 Å². The van der Waals surface area contributed by atoms with Crippen LogP contribution in [0.15, 0.2) is 12.1 Å². The van der Waals surface area contributed by atoms with Crippen LogP contribution >= 0.6 is 34.8 Å². The Balaban J connectivity index is 1.83. The summed E-state index contributed by atoms with van der Waals surface area (Å²) in [5.74, 6) is -1.55. The molecule has 2 rings (SSSR count). The Hall–Kier alpha value is -1.06. The standard InChI is InChI=1S/C15H17Cl3N2O5S/c1-26(23,24)20-4-2-9(3-5-20)15(22)25-8-14(21)19-13-7-11(17)10(16)6-12(13)18/h6-7,9H,2-5,8H2,1H3,(H,19,21). The average molecular weight is 444 g/mol. The van der Waals surface area contributed by atoms with E-state index >= 15 is 0 Å². The fourth-order valence-corrected chi connectivity index (χ4v) is 3.95. The number of rotatable bonds is 5. The van der Waals surface area contributed by atoms with Crippen molar-refractivity contribution in [3.63, 3.8) is 0 Å². The number of hydrogen-bond donors (Lipinski definition) is 1. The van der Waals surface area contributed by atoms with Gasteiger partial charge in [-0.25, -0.2) is 12.7 Å². The zero-order valence-corrected chi connectivity index (χ0v) is 16.9. The van der Waals surface area contributed by atoms with E-state index in [1.165, 1.54) is 16.4 Å². The predicted octanol–water partition coefficient (Wildman–Crippen LogP) is 2.80. The van der Waals surface area contributed by atoms with Gasteiger partial charge in [0.25, 0.3) is 5.91 Å². The second kappa shape index (κ2) is 8.75. The minimum atomic E-state index is -3.26. The number of ether oxygens (including phenoxy) is 1. The third-order valence-corrected chi connectivity index (χ3v) is 6.22. The molecule has 1 fully saturated rings. The first-order valence-electron chi connectivity index (χ1n) is 7.64. The number of carbonyl (C=O) groups excluding carboxylic acids is 2. The van der Waals surface area contributed by atoms with E-state index in [2.05, 4.69) is 5.32 Å². The lowest BCUT2D eigenvalue weighted by Crippen LogP contribution is -2.40. The molecular formula is C15H17Cl3N2O5S. The van der Waals surface area contributed by atoms with Gasteiger partial charge in [0.1, 0.15) is 0 Å². The number of carbonyl (C=O) groups is 2. The van der Waals surface area contributed by atoms with Crippen LogP contribution in [0.2, 0.25) is 15.1 Å². The first kappa shape index (κ1) is 21.2. The Bertz CT molecular complexity index is 808. The summed E-state index contributed by atoms with van der Waals surface area (Å²) in [6.07, 6.45) is 1.84. The van der Waals surface area contributed by atoms with E-state index in [9.17, 15) is 18.0 Å².